The number of benzene rings is 3. The number of aliphatic imine (C=N–C) groups is 1. The largest absolute Gasteiger partial charge is 0.507 e. The first-order valence-corrected chi connectivity index (χ1v) is 12.3. The Morgan fingerprint density at radius 3 is 2.00 bits per heavy atom. The number of hydrogen-bond donors (Lipinski definition) is 1. The van der Waals surface area contributed by atoms with E-state index in [4.69, 9.17) is 4.74 Å². The molecule has 0 spiro atoms. The summed E-state index contributed by atoms with van der Waals surface area (Å²) in [5.41, 5.74) is 2.98. The maximum absolute atomic E-state index is 10.3. The first-order valence-electron chi connectivity index (χ1n) is 12.3. The fraction of sp³-hybridized carbons (Fsp3) is 0.345. The lowest BCUT2D eigenvalue weighted by molar-refractivity contribution is 0.302. The van der Waals surface area contributed by atoms with E-state index in [1.54, 1.807) is 12.3 Å². The Morgan fingerprint density at radius 2 is 1.32 bits per heavy atom. The number of aromatic hydroxyl groups is 1. The molecule has 0 unspecified atom stereocenters. The van der Waals surface area contributed by atoms with E-state index in [9.17, 15) is 5.11 Å². The SMILES string of the molecule is CCCCCCCCCCOc1ccc(C=Nc2ccc(N=Nc3ccccc3)cc2)c(O)c1. The number of hydrogen-bond acceptors (Lipinski definition) is 5. The van der Waals surface area contributed by atoms with Crippen molar-refractivity contribution in [1.82, 2.24) is 0 Å². The molecule has 0 aliphatic heterocycles. The van der Waals surface area contributed by atoms with Crippen LogP contribution < -0.4 is 4.74 Å². The van der Waals surface area contributed by atoms with Crippen LogP contribution in [0.15, 0.2) is 88.0 Å². The van der Waals surface area contributed by atoms with Gasteiger partial charge in [0.05, 0.1) is 23.7 Å². The molecular formula is C29H35N3O2. The number of phenolic OH excluding ortho intramolecular Hbond substituents is 1. The number of nitrogens with zero attached hydrogens (tertiary/aromatic N) is 3. The van der Waals surface area contributed by atoms with Crippen molar-refractivity contribution in [1.29, 1.82) is 0 Å². The zero-order chi connectivity index (χ0) is 23.8. The molecule has 0 aliphatic carbocycles. The summed E-state index contributed by atoms with van der Waals surface area (Å²) in [6.45, 7) is 2.92. The molecule has 3 rings (SSSR count). The Hall–Kier alpha value is -3.47. The zero-order valence-corrected chi connectivity index (χ0v) is 20.1. The van der Waals surface area contributed by atoms with E-state index in [1.165, 1.54) is 44.9 Å². The molecule has 5 nitrogen and oxygen atoms in total. The highest BCUT2D eigenvalue weighted by atomic mass is 16.5. The summed E-state index contributed by atoms with van der Waals surface area (Å²) >= 11 is 0. The molecule has 178 valence electrons. The van der Waals surface area contributed by atoms with Gasteiger partial charge in [-0.15, -0.1) is 0 Å². The molecule has 0 heterocycles. The first-order chi connectivity index (χ1) is 16.7. The van der Waals surface area contributed by atoms with Gasteiger partial charge in [0.15, 0.2) is 0 Å². The van der Waals surface area contributed by atoms with E-state index in [0.29, 0.717) is 17.9 Å². The molecule has 3 aromatic rings. The Kier molecular flexibility index (Phi) is 10.8. The van der Waals surface area contributed by atoms with Crippen LogP contribution in [0.3, 0.4) is 0 Å². The monoisotopic (exact) mass is 457 g/mol. The molecule has 5 heteroatoms. The Morgan fingerprint density at radius 1 is 0.706 bits per heavy atom. The average molecular weight is 458 g/mol. The summed E-state index contributed by atoms with van der Waals surface area (Å²) in [7, 11) is 0. The van der Waals surface area contributed by atoms with Gasteiger partial charge in [0.1, 0.15) is 11.5 Å². The molecular weight excluding hydrogens is 422 g/mol. The van der Waals surface area contributed by atoms with Gasteiger partial charge < -0.3 is 9.84 Å². The highest BCUT2D eigenvalue weighted by Crippen LogP contribution is 2.25. The molecule has 34 heavy (non-hydrogen) atoms. The van der Waals surface area contributed by atoms with Gasteiger partial charge in [-0.05, 0) is 55.0 Å². The number of unbranched alkanes of at least 4 members (excludes halogenated alkanes) is 7. The molecule has 0 bridgehead atoms. The van der Waals surface area contributed by atoms with Crippen LogP contribution in [0, 0.1) is 0 Å². The van der Waals surface area contributed by atoms with Gasteiger partial charge in [-0.2, -0.15) is 10.2 Å². The minimum Gasteiger partial charge on any atom is -0.507 e. The van der Waals surface area contributed by atoms with Crippen LogP contribution in [0.4, 0.5) is 17.1 Å². The predicted octanol–water partition coefficient (Wildman–Crippen LogP) is 9.08. The van der Waals surface area contributed by atoms with Crippen molar-refractivity contribution in [2.24, 2.45) is 15.2 Å². The van der Waals surface area contributed by atoms with Crippen molar-refractivity contribution >= 4 is 23.3 Å². The normalized spacial score (nSPS) is 11.4. The molecule has 0 radical (unpaired) electrons. The van der Waals surface area contributed by atoms with Crippen molar-refractivity contribution in [2.45, 2.75) is 58.3 Å². The van der Waals surface area contributed by atoms with Crippen LogP contribution in [-0.2, 0) is 0 Å². The molecule has 1 N–H and O–H groups in total. The topological polar surface area (TPSA) is 66.5 Å². The molecule has 0 aliphatic rings. The van der Waals surface area contributed by atoms with Crippen molar-refractivity contribution in [3.63, 3.8) is 0 Å². The Labute approximate surface area is 203 Å². The van der Waals surface area contributed by atoms with Crippen LogP contribution >= 0.6 is 0 Å². The second-order valence-corrected chi connectivity index (χ2v) is 8.35. The summed E-state index contributed by atoms with van der Waals surface area (Å²) in [6, 6.07) is 22.4. The molecule has 0 atom stereocenters. The van der Waals surface area contributed by atoms with E-state index < -0.39 is 0 Å². The van der Waals surface area contributed by atoms with Gasteiger partial charge in [0.2, 0.25) is 0 Å². The molecule has 0 saturated heterocycles. The summed E-state index contributed by atoms with van der Waals surface area (Å²) in [4.78, 5) is 4.45. The quantitative estimate of drug-likeness (QED) is 0.149. The Balaban J connectivity index is 1.42. The number of ether oxygens (including phenoxy) is 1. The van der Waals surface area contributed by atoms with Crippen molar-refractivity contribution in [2.75, 3.05) is 6.61 Å². The summed E-state index contributed by atoms with van der Waals surface area (Å²) < 4.78 is 5.79. The van der Waals surface area contributed by atoms with Crippen LogP contribution in [0.2, 0.25) is 0 Å². The highest BCUT2D eigenvalue weighted by molar-refractivity contribution is 5.85. The summed E-state index contributed by atoms with van der Waals surface area (Å²) in [5.74, 6) is 0.844. The fourth-order valence-electron chi connectivity index (χ4n) is 3.51. The molecule has 0 fully saturated rings. The van der Waals surface area contributed by atoms with E-state index in [-0.39, 0.29) is 5.75 Å². The zero-order valence-electron chi connectivity index (χ0n) is 20.1. The van der Waals surface area contributed by atoms with Crippen LogP contribution in [0.5, 0.6) is 11.5 Å². The van der Waals surface area contributed by atoms with Gasteiger partial charge in [-0.3, -0.25) is 4.99 Å². The highest BCUT2D eigenvalue weighted by Gasteiger charge is 2.02. The van der Waals surface area contributed by atoms with E-state index >= 15 is 0 Å². The van der Waals surface area contributed by atoms with Crippen molar-refractivity contribution < 1.29 is 9.84 Å². The van der Waals surface area contributed by atoms with Crippen LogP contribution in [-0.4, -0.2) is 17.9 Å². The number of phenols is 1. The van der Waals surface area contributed by atoms with Crippen molar-refractivity contribution in [3.05, 3.63) is 78.4 Å². The summed E-state index contributed by atoms with van der Waals surface area (Å²) in [6.07, 6.45) is 11.8. The van der Waals surface area contributed by atoms with Gasteiger partial charge in [0, 0.05) is 17.8 Å². The smallest absolute Gasteiger partial charge is 0.128 e. The van der Waals surface area contributed by atoms with Crippen LogP contribution in [0.1, 0.15) is 63.9 Å². The van der Waals surface area contributed by atoms with E-state index in [0.717, 1.165) is 23.5 Å². The molecule has 0 aromatic heterocycles. The van der Waals surface area contributed by atoms with Gasteiger partial charge in [0.25, 0.3) is 0 Å². The Bertz CT molecular complexity index is 1030. The third kappa shape index (κ3) is 9.18. The van der Waals surface area contributed by atoms with Gasteiger partial charge >= 0.3 is 0 Å². The first kappa shape index (κ1) is 25.2. The lowest BCUT2D eigenvalue weighted by Crippen LogP contribution is -1.97. The number of rotatable bonds is 14. The second kappa shape index (κ2) is 14.6. The lowest BCUT2D eigenvalue weighted by Gasteiger charge is -2.08. The third-order valence-corrected chi connectivity index (χ3v) is 5.51. The number of azo groups is 1. The predicted molar refractivity (Wildman–Crippen MR) is 141 cm³/mol. The minimum absolute atomic E-state index is 0.158. The maximum Gasteiger partial charge on any atom is 0.128 e. The minimum atomic E-state index is 0.158. The second-order valence-electron chi connectivity index (χ2n) is 8.35. The molecule has 3 aromatic carbocycles. The molecule has 0 saturated carbocycles. The standard InChI is InChI=1S/C29H35N3O2/c1-2-3-4-5-6-7-8-12-21-34-28-20-15-24(29(33)22-28)23-30-25-16-18-27(19-17-25)32-31-26-13-10-9-11-14-26/h9-11,13-20,22-23,33H,2-8,12,21H2,1H3. The summed E-state index contributed by atoms with van der Waals surface area (Å²) in [5, 5.41) is 18.8. The van der Waals surface area contributed by atoms with E-state index in [2.05, 4.69) is 22.1 Å². The van der Waals surface area contributed by atoms with Crippen molar-refractivity contribution in [3.8, 4) is 11.5 Å². The molecule has 0 amide bonds. The average Bonchev–Trinajstić information content (AvgIpc) is 2.87. The van der Waals surface area contributed by atoms with Crippen LogP contribution in [0.25, 0.3) is 0 Å². The maximum atomic E-state index is 10.3. The lowest BCUT2D eigenvalue weighted by atomic mass is 10.1. The van der Waals surface area contributed by atoms with Gasteiger partial charge in [-0.1, -0.05) is 70.1 Å². The third-order valence-electron chi connectivity index (χ3n) is 5.51. The fourth-order valence-corrected chi connectivity index (χ4v) is 3.51. The van der Waals surface area contributed by atoms with Gasteiger partial charge in [-0.25, -0.2) is 0 Å². The van der Waals surface area contributed by atoms with E-state index in [1.807, 2.05) is 66.7 Å².